The lowest BCUT2D eigenvalue weighted by Crippen LogP contribution is -2.32. The molecule has 2 rings (SSSR count). The molecule has 0 aliphatic carbocycles. The van der Waals surface area contributed by atoms with Crippen molar-refractivity contribution in [2.75, 3.05) is 20.6 Å². The Kier molecular flexibility index (Phi) is 5.76. The number of likely N-dealkylation sites (N-methyl/N-ethyl adjacent to an activating group) is 1. The van der Waals surface area contributed by atoms with Crippen molar-refractivity contribution in [1.29, 1.82) is 0 Å². The number of nitrogens with zero attached hydrogens (tertiary/aromatic N) is 1. The largest absolute Gasteiger partial charge is 0.308 e. The second-order valence-electron chi connectivity index (χ2n) is 5.30. The van der Waals surface area contributed by atoms with Gasteiger partial charge in [0.2, 0.25) is 0 Å². The van der Waals surface area contributed by atoms with Crippen molar-refractivity contribution < 1.29 is 4.39 Å². The highest BCUT2D eigenvalue weighted by molar-refractivity contribution is 7.10. The van der Waals surface area contributed by atoms with Crippen LogP contribution in [-0.2, 0) is 0 Å². The molecule has 1 heterocycles. The van der Waals surface area contributed by atoms with Gasteiger partial charge in [0, 0.05) is 17.5 Å². The molecule has 0 fully saturated rings. The average Bonchev–Trinajstić information content (AvgIpc) is 2.95. The number of nitrogens with one attached hydrogen (secondary N) is 1. The van der Waals surface area contributed by atoms with Gasteiger partial charge in [0.25, 0.3) is 0 Å². The van der Waals surface area contributed by atoms with Crippen LogP contribution in [0.4, 0.5) is 4.39 Å². The minimum atomic E-state index is -0.377. The van der Waals surface area contributed by atoms with Crippen LogP contribution in [0, 0.1) is 5.82 Å². The van der Waals surface area contributed by atoms with E-state index in [-0.39, 0.29) is 16.9 Å². The van der Waals surface area contributed by atoms with Crippen molar-refractivity contribution in [3.05, 3.63) is 57.0 Å². The van der Waals surface area contributed by atoms with Gasteiger partial charge in [-0.15, -0.1) is 11.3 Å². The summed E-state index contributed by atoms with van der Waals surface area (Å²) in [5.41, 5.74) is 0.991. The van der Waals surface area contributed by atoms with E-state index in [1.54, 1.807) is 23.5 Å². The standard InChI is InChI=1S/C16H20ClFN2S/c1-11(12-6-7-14(18)13(17)9-12)19-10-15(20(2)3)16-5-4-8-21-16/h4-9,11,15,19H,10H2,1-3H3. The molecule has 2 aromatic rings. The quantitative estimate of drug-likeness (QED) is 0.841. The SMILES string of the molecule is CC(NCC(c1cccs1)N(C)C)c1ccc(F)c(Cl)c1. The maximum atomic E-state index is 13.2. The Balaban J connectivity index is 2.01. The van der Waals surface area contributed by atoms with Crippen LogP contribution in [0.1, 0.15) is 29.4 Å². The molecule has 0 spiro atoms. The molecular weight excluding hydrogens is 307 g/mol. The van der Waals surface area contributed by atoms with Crippen LogP contribution in [0.15, 0.2) is 35.7 Å². The molecule has 1 N–H and O–H groups in total. The second-order valence-corrected chi connectivity index (χ2v) is 6.68. The van der Waals surface area contributed by atoms with Gasteiger partial charge < -0.3 is 10.2 Å². The molecule has 21 heavy (non-hydrogen) atoms. The maximum Gasteiger partial charge on any atom is 0.141 e. The minimum Gasteiger partial charge on any atom is -0.308 e. The summed E-state index contributed by atoms with van der Waals surface area (Å²) in [5.74, 6) is -0.377. The first-order valence-corrected chi connectivity index (χ1v) is 8.13. The maximum absolute atomic E-state index is 13.2. The number of thiophene rings is 1. The normalized spacial score (nSPS) is 14.4. The molecule has 1 aromatic carbocycles. The van der Waals surface area contributed by atoms with Crippen molar-refractivity contribution in [2.24, 2.45) is 0 Å². The van der Waals surface area contributed by atoms with E-state index < -0.39 is 0 Å². The summed E-state index contributed by atoms with van der Waals surface area (Å²) in [5, 5.41) is 5.76. The molecule has 2 nitrogen and oxygen atoms in total. The summed E-state index contributed by atoms with van der Waals surface area (Å²) in [6, 6.07) is 9.53. The molecule has 0 amide bonds. The Morgan fingerprint density at radius 3 is 2.67 bits per heavy atom. The summed E-state index contributed by atoms with van der Waals surface area (Å²) in [4.78, 5) is 3.53. The summed E-state index contributed by atoms with van der Waals surface area (Å²) in [6.45, 7) is 2.88. The Bertz CT molecular complexity index is 572. The predicted octanol–water partition coefficient (Wildman–Crippen LogP) is 4.49. The van der Waals surface area contributed by atoms with Gasteiger partial charge in [-0.1, -0.05) is 23.7 Å². The molecule has 0 radical (unpaired) electrons. The summed E-state index contributed by atoms with van der Waals surface area (Å²) in [6.07, 6.45) is 0. The molecule has 0 aliphatic heterocycles. The van der Waals surface area contributed by atoms with Gasteiger partial charge in [-0.2, -0.15) is 0 Å². The fourth-order valence-electron chi connectivity index (χ4n) is 2.21. The number of benzene rings is 1. The van der Waals surface area contributed by atoms with Gasteiger partial charge >= 0.3 is 0 Å². The lowest BCUT2D eigenvalue weighted by molar-refractivity contribution is 0.285. The van der Waals surface area contributed by atoms with Crippen molar-refractivity contribution in [2.45, 2.75) is 19.0 Å². The predicted molar refractivity (Wildman–Crippen MR) is 88.6 cm³/mol. The van der Waals surface area contributed by atoms with Crippen LogP contribution in [0.2, 0.25) is 5.02 Å². The number of halogens is 2. The van der Waals surface area contributed by atoms with Gasteiger partial charge in [0.15, 0.2) is 0 Å². The Labute approximate surface area is 134 Å². The average molecular weight is 327 g/mol. The van der Waals surface area contributed by atoms with E-state index in [4.69, 9.17) is 11.6 Å². The third kappa shape index (κ3) is 4.27. The number of hydrogen-bond donors (Lipinski definition) is 1. The molecular formula is C16H20ClFN2S. The Hall–Kier alpha value is -0.940. The van der Waals surface area contributed by atoms with Gasteiger partial charge in [-0.3, -0.25) is 0 Å². The van der Waals surface area contributed by atoms with Crippen LogP contribution < -0.4 is 5.32 Å². The van der Waals surface area contributed by atoms with Gasteiger partial charge in [0.05, 0.1) is 11.1 Å². The van der Waals surface area contributed by atoms with Crippen molar-refractivity contribution in [3.8, 4) is 0 Å². The zero-order valence-corrected chi connectivity index (χ0v) is 14.0. The third-order valence-electron chi connectivity index (χ3n) is 3.56. The van der Waals surface area contributed by atoms with E-state index in [1.807, 2.05) is 0 Å². The fourth-order valence-corrected chi connectivity index (χ4v) is 3.32. The zero-order chi connectivity index (χ0) is 15.4. The van der Waals surface area contributed by atoms with Crippen molar-refractivity contribution in [1.82, 2.24) is 10.2 Å². The molecule has 0 aliphatic rings. The van der Waals surface area contributed by atoms with Gasteiger partial charge in [-0.25, -0.2) is 4.39 Å². The van der Waals surface area contributed by atoms with Crippen LogP contribution in [-0.4, -0.2) is 25.5 Å². The van der Waals surface area contributed by atoms with E-state index in [0.29, 0.717) is 6.04 Å². The van der Waals surface area contributed by atoms with E-state index in [2.05, 4.69) is 48.7 Å². The molecule has 2 atom stereocenters. The second kappa shape index (κ2) is 7.36. The van der Waals surface area contributed by atoms with E-state index in [0.717, 1.165) is 12.1 Å². The molecule has 0 saturated heterocycles. The van der Waals surface area contributed by atoms with Crippen LogP contribution in [0.3, 0.4) is 0 Å². The summed E-state index contributed by atoms with van der Waals surface area (Å²) in [7, 11) is 4.15. The Morgan fingerprint density at radius 1 is 1.33 bits per heavy atom. The smallest absolute Gasteiger partial charge is 0.141 e. The molecule has 5 heteroatoms. The molecule has 0 saturated carbocycles. The third-order valence-corrected chi connectivity index (χ3v) is 4.82. The lowest BCUT2D eigenvalue weighted by atomic mass is 10.1. The molecule has 2 unspecified atom stereocenters. The highest BCUT2D eigenvalue weighted by Gasteiger charge is 2.16. The monoisotopic (exact) mass is 326 g/mol. The fraction of sp³-hybridized carbons (Fsp3) is 0.375. The van der Waals surface area contributed by atoms with E-state index >= 15 is 0 Å². The first kappa shape index (κ1) is 16.4. The minimum absolute atomic E-state index is 0.116. The van der Waals surface area contributed by atoms with Gasteiger partial charge in [-0.05, 0) is 50.2 Å². The Morgan fingerprint density at radius 2 is 2.10 bits per heavy atom. The van der Waals surface area contributed by atoms with E-state index in [1.165, 1.54) is 10.9 Å². The number of rotatable bonds is 6. The first-order valence-electron chi connectivity index (χ1n) is 6.87. The van der Waals surface area contributed by atoms with Crippen molar-refractivity contribution >= 4 is 22.9 Å². The highest BCUT2D eigenvalue weighted by atomic mass is 35.5. The van der Waals surface area contributed by atoms with Gasteiger partial charge in [0.1, 0.15) is 5.82 Å². The lowest BCUT2D eigenvalue weighted by Gasteiger charge is -2.26. The highest BCUT2D eigenvalue weighted by Crippen LogP contribution is 2.24. The molecule has 1 aromatic heterocycles. The van der Waals surface area contributed by atoms with Crippen LogP contribution in [0.5, 0.6) is 0 Å². The number of hydrogen-bond acceptors (Lipinski definition) is 3. The molecule has 114 valence electrons. The topological polar surface area (TPSA) is 15.3 Å². The zero-order valence-electron chi connectivity index (χ0n) is 12.4. The summed E-state index contributed by atoms with van der Waals surface area (Å²) >= 11 is 7.60. The van der Waals surface area contributed by atoms with Crippen molar-refractivity contribution in [3.63, 3.8) is 0 Å². The first-order chi connectivity index (χ1) is 9.99. The van der Waals surface area contributed by atoms with Crippen LogP contribution >= 0.6 is 22.9 Å². The summed E-state index contributed by atoms with van der Waals surface area (Å²) < 4.78 is 13.2. The van der Waals surface area contributed by atoms with Crippen LogP contribution in [0.25, 0.3) is 0 Å². The molecule has 0 bridgehead atoms. The van der Waals surface area contributed by atoms with E-state index in [9.17, 15) is 4.39 Å².